The molecular weight excluding hydrogens is 378 g/mol. The molecular formula is C21H19NO7. The third kappa shape index (κ3) is 1.80. The summed E-state index contributed by atoms with van der Waals surface area (Å²) in [6.45, 7) is 3.65. The highest BCUT2D eigenvalue weighted by Crippen LogP contribution is 2.67. The molecule has 150 valence electrons. The van der Waals surface area contributed by atoms with Gasteiger partial charge in [-0.05, 0) is 12.0 Å². The van der Waals surface area contributed by atoms with E-state index in [1.165, 1.54) is 30.7 Å². The Bertz CT molecular complexity index is 1080. The van der Waals surface area contributed by atoms with Crippen molar-refractivity contribution in [3.8, 4) is 0 Å². The first-order valence-corrected chi connectivity index (χ1v) is 9.27. The molecule has 0 saturated carbocycles. The number of hydrogen-bond donors (Lipinski definition) is 3. The zero-order valence-corrected chi connectivity index (χ0v) is 15.7. The van der Waals surface area contributed by atoms with Gasteiger partial charge in [0.1, 0.15) is 12.0 Å². The number of amides is 1. The maximum atomic E-state index is 13.1. The molecule has 8 nitrogen and oxygen atoms in total. The van der Waals surface area contributed by atoms with Crippen molar-refractivity contribution in [2.45, 2.75) is 31.0 Å². The van der Waals surface area contributed by atoms with Crippen LogP contribution in [-0.4, -0.2) is 44.0 Å². The lowest BCUT2D eigenvalue weighted by molar-refractivity contribution is -0.312. The predicted molar refractivity (Wildman–Crippen MR) is 97.5 cm³/mol. The Morgan fingerprint density at radius 3 is 2.38 bits per heavy atom. The van der Waals surface area contributed by atoms with Gasteiger partial charge in [0.15, 0.2) is 0 Å². The van der Waals surface area contributed by atoms with E-state index in [9.17, 15) is 24.9 Å². The molecule has 2 atom stereocenters. The van der Waals surface area contributed by atoms with Gasteiger partial charge >= 0.3 is 0 Å². The highest BCUT2D eigenvalue weighted by atomic mass is 16.6. The molecule has 5 rings (SSSR count). The van der Waals surface area contributed by atoms with Crippen LogP contribution in [-0.2, 0) is 25.9 Å². The third-order valence-electron chi connectivity index (χ3n) is 5.90. The molecule has 1 amide bonds. The van der Waals surface area contributed by atoms with Crippen molar-refractivity contribution in [3.63, 3.8) is 0 Å². The smallest absolute Gasteiger partial charge is 0.296 e. The number of carbonyl (C=O) groups excluding carboxylic acids is 2. The standard InChI is InChI=1S/C21H19NO7/c1-11(2)9-22-18(24)16(23)15-17(12-7-8-28-10-12)29-21(27)14-6-4-3-5-13(14)20(25,26)19(15,21)22/h3-8,10-11,25-27H,9H2,1-2H3/t19-,21-/m0/s1. The van der Waals surface area contributed by atoms with E-state index in [1.807, 2.05) is 13.8 Å². The van der Waals surface area contributed by atoms with E-state index in [0.717, 1.165) is 4.90 Å². The first-order chi connectivity index (χ1) is 13.7. The number of nitrogens with zero attached hydrogens (tertiary/aromatic N) is 1. The van der Waals surface area contributed by atoms with Crippen LogP contribution in [0.1, 0.15) is 30.5 Å². The Morgan fingerprint density at radius 2 is 1.76 bits per heavy atom. The van der Waals surface area contributed by atoms with Gasteiger partial charge in [0.2, 0.25) is 11.3 Å². The van der Waals surface area contributed by atoms with E-state index < -0.39 is 28.8 Å². The number of rotatable bonds is 3. The summed E-state index contributed by atoms with van der Waals surface area (Å²) in [7, 11) is 0. The normalized spacial score (nSPS) is 29.4. The molecule has 0 radical (unpaired) electrons. The van der Waals surface area contributed by atoms with Crippen LogP contribution in [0, 0.1) is 5.92 Å². The summed E-state index contributed by atoms with van der Waals surface area (Å²) in [4.78, 5) is 27.2. The van der Waals surface area contributed by atoms with Gasteiger partial charge < -0.3 is 29.4 Å². The molecule has 3 aliphatic rings. The molecule has 1 saturated heterocycles. The number of aliphatic hydroxyl groups is 3. The lowest BCUT2D eigenvalue weighted by Gasteiger charge is -2.45. The van der Waals surface area contributed by atoms with Gasteiger partial charge in [0.05, 0.1) is 17.4 Å². The van der Waals surface area contributed by atoms with Crippen molar-refractivity contribution in [1.29, 1.82) is 0 Å². The Kier molecular flexibility index (Phi) is 3.34. The summed E-state index contributed by atoms with van der Waals surface area (Å²) in [5, 5.41) is 34.6. The van der Waals surface area contributed by atoms with Crippen LogP contribution in [0.15, 0.2) is 52.8 Å². The van der Waals surface area contributed by atoms with Crippen molar-refractivity contribution >= 4 is 17.4 Å². The predicted octanol–water partition coefficient (Wildman–Crippen LogP) is 0.823. The topological polar surface area (TPSA) is 120 Å². The number of likely N-dealkylation sites (tertiary alicyclic amines) is 1. The monoisotopic (exact) mass is 397 g/mol. The number of Topliss-reactive ketones (excluding diaryl/α,β-unsaturated/α-hetero) is 1. The highest BCUT2D eigenvalue weighted by molar-refractivity contribution is 6.48. The molecule has 1 aliphatic carbocycles. The first-order valence-electron chi connectivity index (χ1n) is 9.27. The Balaban J connectivity index is 1.90. The van der Waals surface area contributed by atoms with Gasteiger partial charge in [0.25, 0.3) is 17.5 Å². The van der Waals surface area contributed by atoms with E-state index >= 15 is 0 Å². The zero-order chi connectivity index (χ0) is 20.8. The fourth-order valence-electron chi connectivity index (χ4n) is 4.88. The minimum atomic E-state index is -2.77. The van der Waals surface area contributed by atoms with Gasteiger partial charge in [-0.25, -0.2) is 0 Å². The number of furan rings is 1. The summed E-state index contributed by atoms with van der Waals surface area (Å²) in [6, 6.07) is 7.61. The van der Waals surface area contributed by atoms with Crippen molar-refractivity contribution in [2.75, 3.05) is 6.54 Å². The van der Waals surface area contributed by atoms with Crippen LogP contribution in [0.4, 0.5) is 0 Å². The summed E-state index contributed by atoms with van der Waals surface area (Å²) in [5.74, 6) is -7.23. The van der Waals surface area contributed by atoms with Crippen molar-refractivity contribution in [1.82, 2.24) is 4.90 Å². The molecule has 1 aromatic heterocycles. The second-order valence-corrected chi connectivity index (χ2v) is 8.03. The quantitative estimate of drug-likeness (QED) is 0.518. The van der Waals surface area contributed by atoms with Crippen LogP contribution < -0.4 is 0 Å². The fraction of sp³-hybridized carbons (Fsp3) is 0.333. The zero-order valence-electron chi connectivity index (χ0n) is 15.7. The molecule has 0 bridgehead atoms. The van der Waals surface area contributed by atoms with E-state index in [-0.39, 0.29) is 34.9 Å². The molecule has 1 aromatic carbocycles. The number of hydrogen-bond acceptors (Lipinski definition) is 7. The number of carbonyl (C=O) groups is 2. The second kappa shape index (κ2) is 5.35. The van der Waals surface area contributed by atoms with E-state index in [2.05, 4.69) is 0 Å². The maximum absolute atomic E-state index is 13.1. The average molecular weight is 397 g/mol. The summed E-state index contributed by atoms with van der Waals surface area (Å²) < 4.78 is 11.0. The van der Waals surface area contributed by atoms with Crippen molar-refractivity contribution in [3.05, 3.63) is 65.1 Å². The molecule has 29 heavy (non-hydrogen) atoms. The van der Waals surface area contributed by atoms with Crippen LogP contribution in [0.5, 0.6) is 0 Å². The van der Waals surface area contributed by atoms with Crippen LogP contribution in [0.3, 0.4) is 0 Å². The Hall–Kier alpha value is -2.94. The minimum absolute atomic E-state index is 0.00920. The highest BCUT2D eigenvalue weighted by Gasteiger charge is 2.85. The average Bonchev–Trinajstić information content (AvgIpc) is 3.37. The molecule has 2 aliphatic heterocycles. The van der Waals surface area contributed by atoms with Crippen LogP contribution >= 0.6 is 0 Å². The van der Waals surface area contributed by atoms with Gasteiger partial charge in [-0.15, -0.1) is 0 Å². The molecule has 1 spiro atoms. The second-order valence-electron chi connectivity index (χ2n) is 8.03. The van der Waals surface area contributed by atoms with Gasteiger partial charge in [-0.2, -0.15) is 0 Å². The third-order valence-corrected chi connectivity index (χ3v) is 5.90. The van der Waals surface area contributed by atoms with Crippen molar-refractivity contribution < 1.29 is 34.1 Å². The molecule has 2 aromatic rings. The van der Waals surface area contributed by atoms with Gasteiger partial charge in [0, 0.05) is 17.7 Å². The van der Waals surface area contributed by atoms with Gasteiger partial charge in [-0.1, -0.05) is 38.1 Å². The number of fused-ring (bicyclic) bond motifs is 2. The Morgan fingerprint density at radius 1 is 1.07 bits per heavy atom. The summed E-state index contributed by atoms with van der Waals surface area (Å²) in [6.07, 6.45) is 2.65. The molecule has 3 N–H and O–H groups in total. The van der Waals surface area contributed by atoms with Crippen molar-refractivity contribution in [2.24, 2.45) is 5.92 Å². The molecule has 3 heterocycles. The lowest BCUT2D eigenvalue weighted by atomic mass is 9.78. The summed E-state index contributed by atoms with van der Waals surface area (Å²) in [5.41, 5.74) is -2.16. The van der Waals surface area contributed by atoms with Gasteiger partial charge in [-0.3, -0.25) is 9.59 Å². The largest absolute Gasteiger partial charge is 0.472 e. The maximum Gasteiger partial charge on any atom is 0.296 e. The lowest BCUT2D eigenvalue weighted by Crippen LogP contribution is -2.66. The van der Waals surface area contributed by atoms with Crippen LogP contribution in [0.25, 0.3) is 5.76 Å². The minimum Gasteiger partial charge on any atom is -0.472 e. The number of benzene rings is 1. The Labute approximate surface area is 165 Å². The molecule has 1 fully saturated rings. The number of ketones is 1. The van der Waals surface area contributed by atoms with E-state index in [1.54, 1.807) is 12.1 Å². The first kappa shape index (κ1) is 18.1. The van der Waals surface area contributed by atoms with Crippen LogP contribution in [0.2, 0.25) is 0 Å². The number of ether oxygens (including phenoxy) is 1. The molecule has 8 heteroatoms. The van der Waals surface area contributed by atoms with E-state index in [0.29, 0.717) is 5.56 Å². The molecule has 0 unspecified atom stereocenters. The SMILES string of the molecule is CC(C)CN1C(=O)C(=O)C2=C(c3ccoc3)O[C@@]3(O)c4ccccc4C(O)(O)[C@]213. The van der Waals surface area contributed by atoms with E-state index in [4.69, 9.17) is 9.15 Å². The fourth-order valence-corrected chi connectivity index (χ4v) is 4.88. The summed E-state index contributed by atoms with van der Waals surface area (Å²) >= 11 is 0.